The van der Waals surface area contributed by atoms with E-state index in [0.717, 1.165) is 5.57 Å². The van der Waals surface area contributed by atoms with Gasteiger partial charge in [0.05, 0.1) is 5.60 Å². The van der Waals surface area contributed by atoms with Crippen molar-refractivity contribution in [2.24, 2.45) is 0 Å². The highest BCUT2D eigenvalue weighted by atomic mass is 16.5. The molecule has 2 aliphatic rings. The van der Waals surface area contributed by atoms with Crippen molar-refractivity contribution in [1.29, 1.82) is 0 Å². The molecule has 0 amide bonds. The third kappa shape index (κ3) is 1.00. The van der Waals surface area contributed by atoms with Gasteiger partial charge in [-0.05, 0) is 19.4 Å². The van der Waals surface area contributed by atoms with E-state index in [-0.39, 0.29) is 11.4 Å². The van der Waals surface area contributed by atoms with Crippen molar-refractivity contribution >= 4 is 5.78 Å². The molecule has 2 rings (SSSR count). The van der Waals surface area contributed by atoms with E-state index < -0.39 is 11.7 Å². The number of carbonyl (C=O) groups excluding carboxylic acids is 1. The summed E-state index contributed by atoms with van der Waals surface area (Å²) in [4.78, 5) is 11.6. The van der Waals surface area contributed by atoms with Crippen LogP contribution in [0.25, 0.3) is 0 Å². The average molecular weight is 182 g/mol. The lowest BCUT2D eigenvalue weighted by molar-refractivity contribution is -0.175. The van der Waals surface area contributed by atoms with Crippen LogP contribution in [-0.4, -0.2) is 28.2 Å². The monoisotopic (exact) mass is 182 g/mol. The van der Waals surface area contributed by atoms with Gasteiger partial charge in [-0.25, -0.2) is 0 Å². The van der Waals surface area contributed by atoms with E-state index in [9.17, 15) is 9.90 Å². The standard InChI is InChI=1S/C10H14O3/c1-6-4-9(2)5-7(11)8(12)10(6,3)13-9/h7,11H,1,4-5H2,2-3H3/t7?,9-,10+/m1/s1. The van der Waals surface area contributed by atoms with Gasteiger partial charge in [-0.3, -0.25) is 4.79 Å². The molecule has 1 N–H and O–H groups in total. The van der Waals surface area contributed by atoms with Gasteiger partial charge >= 0.3 is 0 Å². The minimum atomic E-state index is -0.938. The minimum absolute atomic E-state index is 0.243. The Morgan fingerprint density at radius 2 is 2.23 bits per heavy atom. The maximum atomic E-state index is 11.6. The van der Waals surface area contributed by atoms with E-state index in [0.29, 0.717) is 12.8 Å². The number of fused-ring (bicyclic) bond motifs is 2. The van der Waals surface area contributed by atoms with Crippen molar-refractivity contribution in [2.75, 3.05) is 0 Å². The van der Waals surface area contributed by atoms with Gasteiger partial charge in [0, 0.05) is 12.8 Å². The Labute approximate surface area is 77.4 Å². The molecule has 0 saturated carbocycles. The normalized spacial score (nSPS) is 49.9. The van der Waals surface area contributed by atoms with Crippen LogP contribution in [0.1, 0.15) is 26.7 Å². The predicted octanol–water partition coefficient (Wildman–Crippen LogP) is 0.814. The van der Waals surface area contributed by atoms with Crippen LogP contribution in [0.15, 0.2) is 12.2 Å². The molecular weight excluding hydrogens is 168 g/mol. The summed E-state index contributed by atoms with van der Waals surface area (Å²) in [7, 11) is 0. The first-order valence-corrected chi connectivity index (χ1v) is 4.48. The topological polar surface area (TPSA) is 46.5 Å². The Hall–Kier alpha value is -0.670. The second kappa shape index (κ2) is 2.22. The summed E-state index contributed by atoms with van der Waals surface area (Å²) < 4.78 is 5.66. The molecular formula is C10H14O3. The van der Waals surface area contributed by atoms with Crippen LogP contribution >= 0.6 is 0 Å². The molecule has 0 aromatic carbocycles. The summed E-state index contributed by atoms with van der Waals surface area (Å²) in [6.07, 6.45) is 0.176. The van der Waals surface area contributed by atoms with E-state index in [1.54, 1.807) is 6.92 Å². The smallest absolute Gasteiger partial charge is 0.196 e. The molecule has 13 heavy (non-hydrogen) atoms. The van der Waals surface area contributed by atoms with Crippen molar-refractivity contribution in [1.82, 2.24) is 0 Å². The van der Waals surface area contributed by atoms with Crippen LogP contribution in [-0.2, 0) is 9.53 Å². The molecule has 0 radical (unpaired) electrons. The molecule has 72 valence electrons. The highest BCUT2D eigenvalue weighted by Crippen LogP contribution is 2.48. The zero-order valence-corrected chi connectivity index (χ0v) is 7.96. The summed E-state index contributed by atoms with van der Waals surface area (Å²) in [5.41, 5.74) is -0.539. The van der Waals surface area contributed by atoms with E-state index >= 15 is 0 Å². The Kier molecular flexibility index (Phi) is 1.52. The average Bonchev–Trinajstić information content (AvgIpc) is 2.18. The fourth-order valence-corrected chi connectivity index (χ4v) is 2.38. The molecule has 0 aromatic rings. The highest BCUT2D eigenvalue weighted by Gasteiger charge is 2.57. The second-order valence-electron chi connectivity index (χ2n) is 4.45. The van der Waals surface area contributed by atoms with Crippen LogP contribution in [0.3, 0.4) is 0 Å². The first-order chi connectivity index (χ1) is 5.87. The fraction of sp³-hybridized carbons (Fsp3) is 0.700. The van der Waals surface area contributed by atoms with Crippen molar-refractivity contribution in [3.8, 4) is 0 Å². The SMILES string of the molecule is C=C1C[C@]2(C)CC(O)C(=O)[C@@]1(C)O2. The van der Waals surface area contributed by atoms with Crippen molar-refractivity contribution < 1.29 is 14.6 Å². The number of aliphatic hydroxyl groups excluding tert-OH is 1. The lowest BCUT2D eigenvalue weighted by Gasteiger charge is -2.37. The number of Topliss-reactive ketones (excluding diaryl/α,β-unsaturated/α-hetero) is 1. The quantitative estimate of drug-likeness (QED) is 0.564. The number of hydrogen-bond donors (Lipinski definition) is 1. The molecule has 0 aromatic heterocycles. The summed E-state index contributed by atoms with van der Waals surface area (Å²) in [5.74, 6) is -0.243. The van der Waals surface area contributed by atoms with Gasteiger partial charge in [0.25, 0.3) is 0 Å². The zero-order chi connectivity index (χ0) is 9.85. The molecule has 3 nitrogen and oxygen atoms in total. The molecule has 0 spiro atoms. The Morgan fingerprint density at radius 3 is 2.85 bits per heavy atom. The molecule has 3 heteroatoms. The maximum absolute atomic E-state index is 11.6. The van der Waals surface area contributed by atoms with Crippen LogP contribution < -0.4 is 0 Å². The minimum Gasteiger partial charge on any atom is -0.385 e. The summed E-state index contributed by atoms with van der Waals surface area (Å²) in [6, 6.07) is 0. The third-order valence-corrected chi connectivity index (χ3v) is 3.11. The molecule has 2 heterocycles. The van der Waals surface area contributed by atoms with Gasteiger partial charge in [0.15, 0.2) is 5.78 Å². The van der Waals surface area contributed by atoms with E-state index in [4.69, 9.17) is 4.74 Å². The lowest BCUT2D eigenvalue weighted by Crippen LogP contribution is -2.51. The van der Waals surface area contributed by atoms with Gasteiger partial charge in [0.2, 0.25) is 0 Å². The van der Waals surface area contributed by atoms with E-state index in [1.165, 1.54) is 0 Å². The van der Waals surface area contributed by atoms with Crippen LogP contribution in [0.4, 0.5) is 0 Å². The molecule has 1 unspecified atom stereocenters. The first kappa shape index (κ1) is 8.91. The molecule has 2 fully saturated rings. The molecule has 0 aliphatic carbocycles. The molecule has 2 aliphatic heterocycles. The van der Waals surface area contributed by atoms with Gasteiger partial charge in [0.1, 0.15) is 11.7 Å². The molecule has 2 bridgehead atoms. The molecule has 3 atom stereocenters. The number of hydrogen-bond acceptors (Lipinski definition) is 3. The lowest BCUT2D eigenvalue weighted by atomic mass is 9.90. The van der Waals surface area contributed by atoms with Gasteiger partial charge in [-0.1, -0.05) is 6.58 Å². The van der Waals surface area contributed by atoms with Crippen LogP contribution in [0, 0.1) is 0 Å². The fourth-order valence-electron chi connectivity index (χ4n) is 2.38. The van der Waals surface area contributed by atoms with E-state index in [1.807, 2.05) is 6.92 Å². The summed E-state index contributed by atoms with van der Waals surface area (Å²) in [6.45, 7) is 7.46. The van der Waals surface area contributed by atoms with Gasteiger partial charge in [-0.2, -0.15) is 0 Å². The highest BCUT2D eigenvalue weighted by molar-refractivity contribution is 5.95. The zero-order valence-electron chi connectivity index (χ0n) is 7.96. The van der Waals surface area contributed by atoms with Gasteiger partial charge in [-0.15, -0.1) is 0 Å². The Balaban J connectivity index is 2.45. The number of carbonyl (C=O) groups is 1. The molecule has 2 saturated heterocycles. The number of aliphatic hydroxyl groups is 1. The van der Waals surface area contributed by atoms with E-state index in [2.05, 4.69) is 6.58 Å². The summed E-state index contributed by atoms with van der Waals surface area (Å²) >= 11 is 0. The number of ether oxygens (including phenoxy) is 1. The maximum Gasteiger partial charge on any atom is 0.196 e. The number of ketones is 1. The third-order valence-electron chi connectivity index (χ3n) is 3.11. The largest absolute Gasteiger partial charge is 0.385 e. The van der Waals surface area contributed by atoms with Crippen molar-refractivity contribution in [3.05, 3.63) is 12.2 Å². The van der Waals surface area contributed by atoms with Crippen molar-refractivity contribution in [2.45, 2.75) is 44.0 Å². The van der Waals surface area contributed by atoms with Gasteiger partial charge < -0.3 is 9.84 Å². The first-order valence-electron chi connectivity index (χ1n) is 4.48. The van der Waals surface area contributed by atoms with Crippen LogP contribution in [0.2, 0.25) is 0 Å². The number of rotatable bonds is 0. The van der Waals surface area contributed by atoms with Crippen LogP contribution in [0.5, 0.6) is 0 Å². The predicted molar refractivity (Wildman–Crippen MR) is 47.3 cm³/mol. The second-order valence-corrected chi connectivity index (χ2v) is 4.45. The van der Waals surface area contributed by atoms with Crippen molar-refractivity contribution in [3.63, 3.8) is 0 Å². The summed E-state index contributed by atoms with van der Waals surface area (Å²) in [5, 5.41) is 9.54. The Bertz CT molecular complexity index is 297. The Morgan fingerprint density at radius 1 is 1.62 bits per heavy atom.